The predicted octanol–water partition coefficient (Wildman–Crippen LogP) is 0.801. The van der Waals surface area contributed by atoms with E-state index < -0.39 is 5.69 Å². The van der Waals surface area contributed by atoms with Crippen LogP contribution in [-0.4, -0.2) is 16.1 Å². The van der Waals surface area contributed by atoms with E-state index in [1.165, 1.54) is 4.57 Å². The largest absolute Gasteiger partial charge is 0.330 e. The summed E-state index contributed by atoms with van der Waals surface area (Å²) in [6.07, 6.45) is 0.600. The number of rotatable bonds is 3. The number of H-pyrrole nitrogens is 1. The molecule has 0 fully saturated rings. The van der Waals surface area contributed by atoms with Crippen molar-refractivity contribution >= 4 is 26.8 Å². The van der Waals surface area contributed by atoms with E-state index in [-0.39, 0.29) is 5.56 Å². The van der Waals surface area contributed by atoms with Crippen molar-refractivity contribution in [3.05, 3.63) is 43.5 Å². The number of nitrogens with two attached hydrogens (primary N) is 1. The zero-order chi connectivity index (χ0) is 12.4. The zero-order valence-corrected chi connectivity index (χ0v) is 10.7. The van der Waals surface area contributed by atoms with Crippen LogP contribution in [0.25, 0.3) is 10.9 Å². The Morgan fingerprint density at radius 3 is 2.82 bits per heavy atom. The first kappa shape index (κ1) is 12.1. The van der Waals surface area contributed by atoms with Crippen LogP contribution >= 0.6 is 15.9 Å². The maximum Gasteiger partial charge on any atom is 0.328 e. The number of nitrogens with one attached hydrogen (secondary N) is 1. The molecule has 0 aliphatic carbocycles. The summed E-state index contributed by atoms with van der Waals surface area (Å²) in [6, 6.07) is 5.18. The van der Waals surface area contributed by atoms with Crippen LogP contribution in [0.3, 0.4) is 0 Å². The lowest BCUT2D eigenvalue weighted by Gasteiger charge is -2.05. The highest BCUT2D eigenvalue weighted by molar-refractivity contribution is 9.10. The maximum atomic E-state index is 12.1. The van der Waals surface area contributed by atoms with E-state index in [9.17, 15) is 9.59 Å². The molecule has 1 heterocycles. The lowest BCUT2D eigenvalue weighted by Crippen LogP contribution is -2.35. The monoisotopic (exact) mass is 297 g/mol. The van der Waals surface area contributed by atoms with Crippen molar-refractivity contribution in [2.75, 3.05) is 6.54 Å². The highest BCUT2D eigenvalue weighted by Gasteiger charge is 2.07. The molecule has 90 valence electrons. The van der Waals surface area contributed by atoms with Crippen molar-refractivity contribution in [2.45, 2.75) is 13.0 Å². The molecule has 2 rings (SSSR count). The zero-order valence-electron chi connectivity index (χ0n) is 9.07. The molecule has 17 heavy (non-hydrogen) atoms. The Balaban J connectivity index is 2.69. The van der Waals surface area contributed by atoms with E-state index >= 15 is 0 Å². The first-order valence-corrected chi connectivity index (χ1v) is 6.05. The average Bonchev–Trinajstić information content (AvgIpc) is 2.30. The number of hydrogen-bond acceptors (Lipinski definition) is 3. The molecule has 2 aromatic rings. The smallest absolute Gasteiger partial charge is 0.328 e. The second-order valence-corrected chi connectivity index (χ2v) is 4.63. The molecule has 1 aromatic heterocycles. The molecule has 0 bridgehead atoms. The fourth-order valence-corrected chi connectivity index (χ4v) is 2.04. The van der Waals surface area contributed by atoms with Gasteiger partial charge in [-0.1, -0.05) is 15.9 Å². The van der Waals surface area contributed by atoms with E-state index in [0.717, 1.165) is 4.47 Å². The summed E-state index contributed by atoms with van der Waals surface area (Å²) < 4.78 is 1.99. The van der Waals surface area contributed by atoms with Gasteiger partial charge in [-0.15, -0.1) is 0 Å². The Hall–Kier alpha value is -1.40. The van der Waals surface area contributed by atoms with Gasteiger partial charge in [0.05, 0.1) is 10.9 Å². The van der Waals surface area contributed by atoms with Crippen LogP contribution in [0, 0.1) is 0 Å². The van der Waals surface area contributed by atoms with Crippen LogP contribution in [-0.2, 0) is 6.54 Å². The molecule has 0 aliphatic heterocycles. The van der Waals surface area contributed by atoms with Crippen LogP contribution in [0.1, 0.15) is 6.42 Å². The van der Waals surface area contributed by atoms with Gasteiger partial charge in [0.15, 0.2) is 0 Å². The van der Waals surface area contributed by atoms with E-state index in [4.69, 9.17) is 5.73 Å². The van der Waals surface area contributed by atoms with E-state index in [1.54, 1.807) is 18.2 Å². The highest BCUT2D eigenvalue weighted by Crippen LogP contribution is 2.14. The van der Waals surface area contributed by atoms with E-state index in [0.29, 0.717) is 30.4 Å². The number of aromatic nitrogens is 2. The molecule has 3 N–H and O–H groups in total. The Morgan fingerprint density at radius 1 is 1.35 bits per heavy atom. The van der Waals surface area contributed by atoms with Crippen LogP contribution in [0.15, 0.2) is 32.3 Å². The van der Waals surface area contributed by atoms with Crippen molar-refractivity contribution in [3.63, 3.8) is 0 Å². The minimum absolute atomic E-state index is 0.279. The van der Waals surface area contributed by atoms with E-state index in [2.05, 4.69) is 20.9 Å². The average molecular weight is 298 g/mol. The third-order valence-corrected chi connectivity index (χ3v) is 3.02. The topological polar surface area (TPSA) is 80.9 Å². The van der Waals surface area contributed by atoms with Crippen LogP contribution in [0.4, 0.5) is 0 Å². The van der Waals surface area contributed by atoms with Crippen molar-refractivity contribution in [3.8, 4) is 0 Å². The molecule has 0 amide bonds. The van der Waals surface area contributed by atoms with Crippen LogP contribution in [0.2, 0.25) is 0 Å². The lowest BCUT2D eigenvalue weighted by atomic mass is 10.2. The van der Waals surface area contributed by atoms with Crippen LogP contribution < -0.4 is 17.0 Å². The van der Waals surface area contributed by atoms with Crippen LogP contribution in [0.5, 0.6) is 0 Å². The first-order chi connectivity index (χ1) is 8.13. The number of hydrogen-bond donors (Lipinski definition) is 2. The molecular weight excluding hydrogens is 286 g/mol. The Labute approximate surface area is 105 Å². The van der Waals surface area contributed by atoms with Gasteiger partial charge < -0.3 is 10.7 Å². The summed E-state index contributed by atoms with van der Waals surface area (Å²) in [5.41, 5.74) is 5.26. The standard InChI is InChI=1S/C11H12BrN3O2/c12-7-2-3-9-8(6-7)10(16)15(5-1-4-13)11(17)14-9/h2-3,6H,1,4-5,13H2,(H,14,17). The van der Waals surface area contributed by atoms with Gasteiger partial charge in [0, 0.05) is 11.0 Å². The third kappa shape index (κ3) is 2.32. The van der Waals surface area contributed by atoms with Crippen molar-refractivity contribution < 1.29 is 0 Å². The summed E-state index contributed by atoms with van der Waals surface area (Å²) in [7, 11) is 0. The molecule has 0 radical (unpaired) electrons. The van der Waals surface area contributed by atoms with Gasteiger partial charge in [-0.05, 0) is 31.2 Å². The summed E-state index contributed by atoms with van der Waals surface area (Å²) in [4.78, 5) is 26.5. The van der Waals surface area contributed by atoms with Gasteiger partial charge in [0.1, 0.15) is 0 Å². The molecule has 0 saturated carbocycles. The SMILES string of the molecule is NCCCn1c(=O)[nH]c2ccc(Br)cc2c1=O. The fraction of sp³-hybridized carbons (Fsp3) is 0.273. The maximum absolute atomic E-state index is 12.1. The minimum Gasteiger partial charge on any atom is -0.330 e. The molecule has 5 nitrogen and oxygen atoms in total. The van der Waals surface area contributed by atoms with Gasteiger partial charge in [-0.3, -0.25) is 9.36 Å². The van der Waals surface area contributed by atoms with E-state index in [1.807, 2.05) is 0 Å². The summed E-state index contributed by atoms with van der Waals surface area (Å²) >= 11 is 3.30. The number of aromatic amines is 1. The van der Waals surface area contributed by atoms with Crippen molar-refractivity contribution in [2.24, 2.45) is 5.73 Å². The molecule has 0 saturated heterocycles. The first-order valence-electron chi connectivity index (χ1n) is 5.26. The van der Waals surface area contributed by atoms with Gasteiger partial charge in [0.25, 0.3) is 5.56 Å². The summed E-state index contributed by atoms with van der Waals surface area (Å²) in [6.45, 7) is 0.787. The molecule has 0 atom stereocenters. The van der Waals surface area contributed by atoms with Crippen molar-refractivity contribution in [1.82, 2.24) is 9.55 Å². The van der Waals surface area contributed by atoms with Gasteiger partial charge in [0.2, 0.25) is 0 Å². The molecule has 0 unspecified atom stereocenters. The Bertz CT molecular complexity index is 660. The number of fused-ring (bicyclic) bond motifs is 1. The Morgan fingerprint density at radius 2 is 2.12 bits per heavy atom. The molecule has 0 aliphatic rings. The van der Waals surface area contributed by atoms with Crippen molar-refractivity contribution in [1.29, 1.82) is 0 Å². The normalized spacial score (nSPS) is 10.9. The molecule has 1 aromatic carbocycles. The second kappa shape index (κ2) is 4.85. The predicted molar refractivity (Wildman–Crippen MR) is 70.2 cm³/mol. The highest BCUT2D eigenvalue weighted by atomic mass is 79.9. The number of halogens is 1. The fourth-order valence-electron chi connectivity index (χ4n) is 1.68. The van der Waals surface area contributed by atoms with Gasteiger partial charge in [-0.25, -0.2) is 4.79 Å². The summed E-state index contributed by atoms with van der Waals surface area (Å²) in [5.74, 6) is 0. The summed E-state index contributed by atoms with van der Waals surface area (Å²) in [5, 5.41) is 0.496. The lowest BCUT2D eigenvalue weighted by molar-refractivity contribution is 0.603. The molecule has 0 spiro atoms. The number of nitrogens with zero attached hydrogens (tertiary/aromatic N) is 1. The Kier molecular flexibility index (Phi) is 3.44. The van der Waals surface area contributed by atoms with Gasteiger partial charge in [-0.2, -0.15) is 0 Å². The number of benzene rings is 1. The second-order valence-electron chi connectivity index (χ2n) is 3.72. The quantitative estimate of drug-likeness (QED) is 0.879. The minimum atomic E-state index is -0.390. The molecule has 6 heteroatoms. The molecular formula is C11H12BrN3O2. The third-order valence-electron chi connectivity index (χ3n) is 2.53. The van der Waals surface area contributed by atoms with Gasteiger partial charge >= 0.3 is 5.69 Å².